The maximum atomic E-state index is 12.5. The van der Waals surface area contributed by atoms with Gasteiger partial charge in [-0.05, 0) is 5.56 Å². The molecule has 2 amide bonds. The Kier molecular flexibility index (Phi) is 2.69. The summed E-state index contributed by atoms with van der Waals surface area (Å²) in [6.45, 7) is 0.219. The minimum atomic E-state index is -1.09. The van der Waals surface area contributed by atoms with Gasteiger partial charge in [-0.25, -0.2) is 0 Å². The summed E-state index contributed by atoms with van der Waals surface area (Å²) in [5.74, 6) is -1.95. The predicted octanol–water partition coefficient (Wildman–Crippen LogP) is -0.709. The molecular weight excluding hydrogens is 274 g/mol. The van der Waals surface area contributed by atoms with Crippen molar-refractivity contribution in [1.29, 1.82) is 0 Å². The first-order valence-corrected chi connectivity index (χ1v) is 7.00. The minimum Gasteiger partial charge on any atom is -0.388 e. The van der Waals surface area contributed by atoms with Crippen LogP contribution < -0.4 is 0 Å². The number of carbonyl (C=O) groups is 2. The molecule has 1 aromatic carbocycles. The van der Waals surface area contributed by atoms with Crippen molar-refractivity contribution in [2.24, 2.45) is 11.8 Å². The minimum absolute atomic E-state index is 0.219. The van der Waals surface area contributed by atoms with Gasteiger partial charge in [-0.3, -0.25) is 14.5 Å². The van der Waals surface area contributed by atoms with Crippen molar-refractivity contribution in [1.82, 2.24) is 4.90 Å². The Bertz CT molecular complexity index is 571. The highest BCUT2D eigenvalue weighted by atomic mass is 16.6. The number of benzene rings is 1. The normalized spacial score (nSPS) is 41.0. The summed E-state index contributed by atoms with van der Waals surface area (Å²) in [5, 5.41) is 19.7. The van der Waals surface area contributed by atoms with Crippen LogP contribution in [0.25, 0.3) is 0 Å². The molecule has 3 fully saturated rings. The predicted molar refractivity (Wildman–Crippen MR) is 69.7 cm³/mol. The third-order valence-corrected chi connectivity index (χ3v) is 4.72. The molecular formula is C15H15NO5. The van der Waals surface area contributed by atoms with E-state index in [4.69, 9.17) is 4.74 Å². The van der Waals surface area contributed by atoms with Crippen LogP contribution in [0.4, 0.5) is 0 Å². The third kappa shape index (κ3) is 1.64. The fourth-order valence-corrected chi connectivity index (χ4v) is 3.71. The first-order chi connectivity index (χ1) is 10.1. The fourth-order valence-electron chi connectivity index (χ4n) is 3.71. The molecule has 4 rings (SSSR count). The lowest BCUT2D eigenvalue weighted by Gasteiger charge is -2.25. The molecule has 0 spiro atoms. The highest BCUT2D eigenvalue weighted by molar-refractivity contribution is 6.06. The van der Waals surface area contributed by atoms with Crippen LogP contribution in [-0.4, -0.2) is 51.3 Å². The van der Waals surface area contributed by atoms with E-state index >= 15 is 0 Å². The number of amides is 2. The van der Waals surface area contributed by atoms with Gasteiger partial charge in [0.2, 0.25) is 11.8 Å². The van der Waals surface area contributed by atoms with Crippen LogP contribution in [0.3, 0.4) is 0 Å². The molecule has 3 saturated heterocycles. The second kappa shape index (κ2) is 4.37. The summed E-state index contributed by atoms with van der Waals surface area (Å²) >= 11 is 0. The summed E-state index contributed by atoms with van der Waals surface area (Å²) in [6, 6.07) is 9.27. The number of aliphatic hydroxyl groups excluding tert-OH is 2. The molecule has 6 heteroatoms. The van der Waals surface area contributed by atoms with E-state index in [-0.39, 0.29) is 18.4 Å². The van der Waals surface area contributed by atoms with Gasteiger partial charge in [0.25, 0.3) is 0 Å². The number of imide groups is 1. The molecule has 1 aromatic rings. The van der Waals surface area contributed by atoms with E-state index in [0.29, 0.717) is 0 Å². The van der Waals surface area contributed by atoms with E-state index in [9.17, 15) is 19.8 Å². The Labute approximate surface area is 120 Å². The second-order valence-corrected chi connectivity index (χ2v) is 5.85. The molecule has 0 aliphatic carbocycles. The summed E-state index contributed by atoms with van der Waals surface area (Å²) in [4.78, 5) is 26.2. The molecule has 0 saturated carbocycles. The molecule has 2 bridgehead atoms. The standard InChI is InChI=1S/C15H15NO5/c17-10-11(18)13-9-8(12(10)21-13)14(19)16(15(9)20)6-7-4-2-1-3-5-7/h1-5,8-13,17-18H,6H2/t8-,9+,10+,11-,12-,13+. The highest BCUT2D eigenvalue weighted by Crippen LogP contribution is 2.48. The van der Waals surface area contributed by atoms with E-state index in [0.717, 1.165) is 5.56 Å². The second-order valence-electron chi connectivity index (χ2n) is 5.85. The third-order valence-electron chi connectivity index (χ3n) is 4.72. The van der Waals surface area contributed by atoms with Gasteiger partial charge in [0.1, 0.15) is 12.2 Å². The first-order valence-electron chi connectivity index (χ1n) is 7.00. The number of likely N-dealkylation sites (tertiary alicyclic amines) is 1. The number of hydrogen-bond donors (Lipinski definition) is 2. The highest BCUT2D eigenvalue weighted by Gasteiger charge is 2.68. The summed E-state index contributed by atoms with van der Waals surface area (Å²) in [5.41, 5.74) is 0.869. The first kappa shape index (κ1) is 12.9. The van der Waals surface area contributed by atoms with E-state index in [1.165, 1.54) is 4.90 Å². The van der Waals surface area contributed by atoms with Crippen molar-refractivity contribution in [2.75, 3.05) is 0 Å². The Morgan fingerprint density at radius 1 is 0.952 bits per heavy atom. The van der Waals surface area contributed by atoms with Gasteiger partial charge in [-0.15, -0.1) is 0 Å². The van der Waals surface area contributed by atoms with Crippen LogP contribution >= 0.6 is 0 Å². The zero-order chi connectivity index (χ0) is 14.7. The van der Waals surface area contributed by atoms with Crippen molar-refractivity contribution in [2.45, 2.75) is 31.0 Å². The maximum absolute atomic E-state index is 12.5. The van der Waals surface area contributed by atoms with Gasteiger partial charge in [-0.2, -0.15) is 0 Å². The molecule has 2 N–H and O–H groups in total. The van der Waals surface area contributed by atoms with Crippen LogP contribution in [0, 0.1) is 11.8 Å². The largest absolute Gasteiger partial charge is 0.388 e. The lowest BCUT2D eigenvalue weighted by molar-refractivity contribution is -0.143. The fraction of sp³-hybridized carbons (Fsp3) is 0.467. The van der Waals surface area contributed by atoms with E-state index in [1.54, 1.807) is 0 Å². The van der Waals surface area contributed by atoms with E-state index < -0.39 is 36.3 Å². The molecule has 6 nitrogen and oxygen atoms in total. The quantitative estimate of drug-likeness (QED) is 0.702. The summed E-state index contributed by atoms with van der Waals surface area (Å²) < 4.78 is 5.43. The zero-order valence-corrected chi connectivity index (χ0v) is 11.1. The average Bonchev–Trinajstić information content (AvgIpc) is 3.09. The Balaban J connectivity index is 1.62. The van der Waals surface area contributed by atoms with Crippen molar-refractivity contribution in [3.05, 3.63) is 35.9 Å². The number of nitrogens with zero attached hydrogens (tertiary/aromatic N) is 1. The van der Waals surface area contributed by atoms with Crippen LogP contribution in [-0.2, 0) is 20.9 Å². The SMILES string of the molecule is O=C1[C@@H]2[C@@H]3O[C@@H]([C@@H](O)[C@H]3O)[C@@H]2C(=O)N1Cc1ccccc1. The molecule has 3 aliphatic heterocycles. The molecule has 0 radical (unpaired) electrons. The maximum Gasteiger partial charge on any atom is 0.236 e. The number of fused-ring (bicyclic) bond motifs is 5. The van der Waals surface area contributed by atoms with Gasteiger partial charge in [0, 0.05) is 0 Å². The molecule has 0 unspecified atom stereocenters. The van der Waals surface area contributed by atoms with Crippen molar-refractivity contribution >= 4 is 11.8 Å². The number of ether oxygens (including phenoxy) is 1. The lowest BCUT2D eigenvalue weighted by Crippen LogP contribution is -2.47. The van der Waals surface area contributed by atoms with Crippen LogP contribution in [0.2, 0.25) is 0 Å². The lowest BCUT2D eigenvalue weighted by atomic mass is 9.78. The number of aliphatic hydroxyl groups is 2. The van der Waals surface area contributed by atoms with E-state index in [2.05, 4.69) is 0 Å². The monoisotopic (exact) mass is 289 g/mol. The van der Waals surface area contributed by atoms with Crippen molar-refractivity contribution < 1.29 is 24.5 Å². The number of rotatable bonds is 2. The van der Waals surface area contributed by atoms with Gasteiger partial charge < -0.3 is 14.9 Å². The van der Waals surface area contributed by atoms with Gasteiger partial charge in [0.05, 0.1) is 30.6 Å². The Morgan fingerprint density at radius 3 is 2.00 bits per heavy atom. The van der Waals surface area contributed by atoms with Crippen molar-refractivity contribution in [3.63, 3.8) is 0 Å². The molecule has 110 valence electrons. The Hall–Kier alpha value is -1.76. The summed E-state index contributed by atoms with van der Waals surface area (Å²) in [6.07, 6.45) is -3.73. The topological polar surface area (TPSA) is 87.1 Å². The van der Waals surface area contributed by atoms with Crippen molar-refractivity contribution in [3.8, 4) is 0 Å². The number of carbonyl (C=O) groups excluding carboxylic acids is 2. The van der Waals surface area contributed by atoms with Gasteiger partial charge in [-0.1, -0.05) is 30.3 Å². The molecule has 3 heterocycles. The van der Waals surface area contributed by atoms with Crippen LogP contribution in [0.5, 0.6) is 0 Å². The molecule has 3 aliphatic rings. The zero-order valence-electron chi connectivity index (χ0n) is 11.1. The Morgan fingerprint density at radius 2 is 1.48 bits per heavy atom. The molecule has 21 heavy (non-hydrogen) atoms. The molecule has 0 aromatic heterocycles. The summed E-state index contributed by atoms with van der Waals surface area (Å²) in [7, 11) is 0. The smallest absolute Gasteiger partial charge is 0.236 e. The van der Waals surface area contributed by atoms with Crippen LogP contribution in [0.1, 0.15) is 5.56 Å². The number of hydrogen-bond acceptors (Lipinski definition) is 5. The van der Waals surface area contributed by atoms with Gasteiger partial charge in [0.15, 0.2) is 0 Å². The van der Waals surface area contributed by atoms with E-state index in [1.807, 2.05) is 30.3 Å². The van der Waals surface area contributed by atoms with Gasteiger partial charge >= 0.3 is 0 Å². The van der Waals surface area contributed by atoms with Crippen LogP contribution in [0.15, 0.2) is 30.3 Å². The molecule has 6 atom stereocenters. The average molecular weight is 289 g/mol.